The van der Waals surface area contributed by atoms with Crippen LogP contribution >= 0.6 is 0 Å². The molecular weight excluding hydrogens is 310 g/mol. The summed E-state index contributed by atoms with van der Waals surface area (Å²) in [5, 5.41) is 12.5. The number of hydrogen-bond donors (Lipinski definition) is 2. The largest absolute Gasteiger partial charge is 0.399 e. The van der Waals surface area contributed by atoms with Crippen LogP contribution in [0.15, 0.2) is 72.8 Å². The van der Waals surface area contributed by atoms with Gasteiger partial charge in [0.1, 0.15) is 0 Å². The van der Waals surface area contributed by atoms with Gasteiger partial charge in [-0.25, -0.2) is 0 Å². The minimum atomic E-state index is 0.728. The number of anilines is 3. The normalized spacial score (nSPS) is 11.7. The highest BCUT2D eigenvalue weighted by molar-refractivity contribution is 5.86. The van der Waals surface area contributed by atoms with Crippen molar-refractivity contribution in [1.82, 2.24) is 14.8 Å². The maximum Gasteiger partial charge on any atom is 0.171 e. The fraction of sp³-hybridized carbons (Fsp3) is 0. The second kappa shape index (κ2) is 5.21. The first kappa shape index (κ1) is 13.8. The first-order valence-corrected chi connectivity index (χ1v) is 8.08. The fourth-order valence-corrected chi connectivity index (χ4v) is 3.21. The highest BCUT2D eigenvalue weighted by atomic mass is 15.3. The molecule has 0 saturated carbocycles. The predicted molar refractivity (Wildman–Crippen MR) is 99.9 cm³/mol. The molecule has 120 valence electrons. The van der Waals surface area contributed by atoms with Crippen LogP contribution in [0.1, 0.15) is 0 Å². The Morgan fingerprint density at radius 3 is 2.24 bits per heavy atom. The zero-order valence-electron chi connectivity index (χ0n) is 13.3. The number of benzene rings is 3. The molecule has 1 aliphatic heterocycles. The first-order chi connectivity index (χ1) is 12.3. The molecule has 0 radical (unpaired) electrons. The molecule has 1 aromatic heterocycles. The van der Waals surface area contributed by atoms with Crippen molar-refractivity contribution in [2.75, 3.05) is 11.1 Å². The Bertz CT molecular complexity index is 1080. The van der Waals surface area contributed by atoms with Gasteiger partial charge in [0.05, 0.1) is 11.4 Å². The van der Waals surface area contributed by atoms with Crippen LogP contribution in [0.2, 0.25) is 0 Å². The molecule has 0 atom stereocenters. The number of aromatic nitrogens is 3. The molecule has 5 nitrogen and oxygen atoms in total. The van der Waals surface area contributed by atoms with Crippen LogP contribution in [0.5, 0.6) is 0 Å². The predicted octanol–water partition coefficient (Wildman–Crippen LogP) is 4.24. The molecule has 0 saturated heterocycles. The summed E-state index contributed by atoms with van der Waals surface area (Å²) in [6.07, 6.45) is 0. The summed E-state index contributed by atoms with van der Waals surface area (Å²) in [7, 11) is 0. The van der Waals surface area contributed by atoms with Crippen LogP contribution in [0.25, 0.3) is 28.5 Å². The lowest BCUT2D eigenvalue weighted by Crippen LogP contribution is -2.00. The van der Waals surface area contributed by atoms with Gasteiger partial charge in [0, 0.05) is 22.5 Å². The van der Waals surface area contributed by atoms with Crippen LogP contribution in [0.4, 0.5) is 17.1 Å². The number of nitrogens with one attached hydrogen (secondary N) is 1. The minimum absolute atomic E-state index is 0.728. The molecule has 5 rings (SSSR count). The standard InChI is InChI=1S/C20H15N5/c21-14-11-9-13(10-12-14)19-23-24-20-15-5-1-2-6-16(15)22-17-7-3-4-8-18(17)25(19)20/h1-12,22H,21H2. The fourth-order valence-electron chi connectivity index (χ4n) is 3.21. The van der Waals surface area contributed by atoms with Crippen molar-refractivity contribution in [2.24, 2.45) is 0 Å². The van der Waals surface area contributed by atoms with E-state index < -0.39 is 0 Å². The first-order valence-electron chi connectivity index (χ1n) is 8.08. The number of nitrogens with zero attached hydrogens (tertiary/aromatic N) is 3. The van der Waals surface area contributed by atoms with E-state index in [-0.39, 0.29) is 0 Å². The molecule has 0 fully saturated rings. The lowest BCUT2D eigenvalue weighted by atomic mass is 10.1. The van der Waals surface area contributed by atoms with E-state index in [0.717, 1.165) is 45.5 Å². The molecule has 2 heterocycles. The van der Waals surface area contributed by atoms with E-state index in [9.17, 15) is 0 Å². The van der Waals surface area contributed by atoms with E-state index in [1.165, 1.54) is 0 Å². The van der Waals surface area contributed by atoms with Crippen molar-refractivity contribution < 1.29 is 0 Å². The Morgan fingerprint density at radius 1 is 0.720 bits per heavy atom. The highest BCUT2D eigenvalue weighted by Gasteiger charge is 2.23. The second-order valence-electron chi connectivity index (χ2n) is 5.99. The SMILES string of the molecule is Nc1ccc(-c2nnc3n2-c2ccccc2Nc2ccccc2-3)cc1. The summed E-state index contributed by atoms with van der Waals surface area (Å²) < 4.78 is 2.10. The quantitative estimate of drug-likeness (QED) is 0.452. The number of nitrogens with two attached hydrogens (primary N) is 1. The van der Waals surface area contributed by atoms with Gasteiger partial charge in [-0.2, -0.15) is 0 Å². The number of nitrogen functional groups attached to an aromatic ring is 1. The molecule has 0 aliphatic carbocycles. The van der Waals surface area contributed by atoms with E-state index in [1.807, 2.05) is 48.5 Å². The molecular formula is C20H15N5. The van der Waals surface area contributed by atoms with Gasteiger partial charge >= 0.3 is 0 Å². The molecule has 0 bridgehead atoms. The number of para-hydroxylation sites is 3. The lowest BCUT2D eigenvalue weighted by Gasteiger charge is -2.12. The molecule has 0 spiro atoms. The van der Waals surface area contributed by atoms with Crippen LogP contribution in [-0.4, -0.2) is 14.8 Å². The number of rotatable bonds is 1. The monoisotopic (exact) mass is 325 g/mol. The van der Waals surface area contributed by atoms with Crippen LogP contribution in [0, 0.1) is 0 Å². The summed E-state index contributed by atoms with van der Waals surface area (Å²) in [5.74, 6) is 1.61. The van der Waals surface area contributed by atoms with E-state index in [4.69, 9.17) is 5.73 Å². The van der Waals surface area contributed by atoms with Crippen LogP contribution in [-0.2, 0) is 0 Å². The summed E-state index contributed by atoms with van der Waals surface area (Å²) in [5.41, 5.74) is 11.6. The molecule has 25 heavy (non-hydrogen) atoms. The summed E-state index contributed by atoms with van der Waals surface area (Å²) in [4.78, 5) is 0. The minimum Gasteiger partial charge on any atom is -0.399 e. The third-order valence-corrected chi connectivity index (χ3v) is 4.41. The Hall–Kier alpha value is -3.60. The van der Waals surface area contributed by atoms with Crippen molar-refractivity contribution in [1.29, 1.82) is 0 Å². The van der Waals surface area contributed by atoms with Crippen molar-refractivity contribution in [3.05, 3.63) is 72.8 Å². The third-order valence-electron chi connectivity index (χ3n) is 4.41. The molecule has 5 heteroatoms. The number of fused-ring (bicyclic) bond motifs is 5. The van der Waals surface area contributed by atoms with Gasteiger partial charge in [0.2, 0.25) is 0 Å². The van der Waals surface area contributed by atoms with Gasteiger partial charge < -0.3 is 11.1 Å². The van der Waals surface area contributed by atoms with Crippen molar-refractivity contribution in [2.45, 2.75) is 0 Å². The van der Waals surface area contributed by atoms with Gasteiger partial charge in [0.25, 0.3) is 0 Å². The van der Waals surface area contributed by atoms with Gasteiger partial charge in [-0.3, -0.25) is 4.57 Å². The zero-order chi connectivity index (χ0) is 16.8. The van der Waals surface area contributed by atoms with Crippen molar-refractivity contribution >= 4 is 17.1 Å². The van der Waals surface area contributed by atoms with E-state index in [2.05, 4.69) is 44.3 Å². The average Bonchev–Trinajstić information content (AvgIpc) is 3.02. The summed E-state index contributed by atoms with van der Waals surface area (Å²) in [6.45, 7) is 0. The lowest BCUT2D eigenvalue weighted by molar-refractivity contribution is 1.08. The Labute approximate surface area is 144 Å². The molecule has 3 aromatic carbocycles. The maximum absolute atomic E-state index is 5.83. The maximum atomic E-state index is 5.83. The second-order valence-corrected chi connectivity index (χ2v) is 5.99. The van der Waals surface area contributed by atoms with Gasteiger partial charge in [0.15, 0.2) is 11.6 Å². The summed E-state index contributed by atoms with van der Waals surface area (Å²) >= 11 is 0. The van der Waals surface area contributed by atoms with E-state index >= 15 is 0 Å². The van der Waals surface area contributed by atoms with Gasteiger partial charge in [-0.1, -0.05) is 24.3 Å². The Balaban J connectivity index is 1.85. The molecule has 0 amide bonds. The molecule has 4 aromatic rings. The average molecular weight is 325 g/mol. The van der Waals surface area contributed by atoms with E-state index in [1.54, 1.807) is 0 Å². The summed E-state index contributed by atoms with van der Waals surface area (Å²) in [6, 6.07) is 24.0. The number of hydrogen-bond acceptors (Lipinski definition) is 4. The van der Waals surface area contributed by atoms with Crippen molar-refractivity contribution in [3.8, 4) is 28.5 Å². The van der Waals surface area contributed by atoms with E-state index in [0.29, 0.717) is 0 Å². The van der Waals surface area contributed by atoms with Gasteiger partial charge in [-0.05, 0) is 48.5 Å². The van der Waals surface area contributed by atoms with Crippen LogP contribution in [0.3, 0.4) is 0 Å². The van der Waals surface area contributed by atoms with Gasteiger partial charge in [-0.15, -0.1) is 10.2 Å². The molecule has 0 unspecified atom stereocenters. The van der Waals surface area contributed by atoms with Crippen molar-refractivity contribution in [3.63, 3.8) is 0 Å². The third kappa shape index (κ3) is 2.10. The Morgan fingerprint density at radius 2 is 1.40 bits per heavy atom. The zero-order valence-corrected chi connectivity index (χ0v) is 13.3. The highest BCUT2D eigenvalue weighted by Crippen LogP contribution is 2.39. The Kier molecular flexibility index (Phi) is 2.87. The van der Waals surface area contributed by atoms with Crippen LogP contribution < -0.4 is 11.1 Å². The molecule has 3 N–H and O–H groups in total. The smallest absolute Gasteiger partial charge is 0.171 e. The molecule has 1 aliphatic rings. The topological polar surface area (TPSA) is 68.8 Å².